The van der Waals surface area contributed by atoms with Gasteiger partial charge in [-0.2, -0.15) is 0 Å². The number of Topliss-reactive ketones (excluding diaryl/α,β-unsaturated/α-hetero) is 1. The molecular weight excluding hydrogens is 559 g/mol. The number of aliphatic hydroxyl groups excluding tert-OH is 1. The number of rotatable bonds is 8. The van der Waals surface area contributed by atoms with Crippen LogP contribution in [-0.4, -0.2) is 41.1 Å². The normalized spacial score (nSPS) is 19.2. The molecule has 0 aliphatic carbocycles. The van der Waals surface area contributed by atoms with Crippen molar-refractivity contribution in [1.29, 1.82) is 0 Å². The van der Waals surface area contributed by atoms with Crippen LogP contribution in [0.1, 0.15) is 36.6 Å². The Kier molecular flexibility index (Phi) is 7.16. The molecule has 3 aromatic carbocycles. The van der Waals surface area contributed by atoms with Crippen LogP contribution in [0.3, 0.4) is 0 Å². The molecule has 2 atom stereocenters. The van der Waals surface area contributed by atoms with E-state index in [-0.39, 0.29) is 29.2 Å². The fourth-order valence-electron chi connectivity index (χ4n) is 5.29. The average molecular weight is 587 g/mol. The molecule has 8 nitrogen and oxygen atoms in total. The van der Waals surface area contributed by atoms with Crippen molar-refractivity contribution in [2.45, 2.75) is 32.4 Å². The Labute approximate surface area is 245 Å². The summed E-state index contributed by atoms with van der Waals surface area (Å²) in [5.74, 6) is -0.905. The number of carbonyl (C=O) groups is 2. The van der Waals surface area contributed by atoms with Gasteiger partial charge in [0.25, 0.3) is 5.78 Å². The number of amides is 1. The SMILES string of the molecule is C=CCOc1ccc(C2/C(=C(/O)c3ccc4c(c3)CC(C)O4)C(=O)C(=O)N2c2nc3ccc(F)cc3s2)cc1OCC. The molecule has 0 spiro atoms. The topological polar surface area (TPSA) is 98.2 Å². The van der Waals surface area contributed by atoms with Crippen LogP contribution in [0.4, 0.5) is 9.52 Å². The van der Waals surface area contributed by atoms with Crippen molar-refractivity contribution in [3.63, 3.8) is 0 Å². The van der Waals surface area contributed by atoms with Crippen molar-refractivity contribution in [3.8, 4) is 17.2 Å². The molecule has 1 fully saturated rings. The number of ether oxygens (including phenoxy) is 3. The molecule has 214 valence electrons. The Morgan fingerprint density at radius 1 is 1.17 bits per heavy atom. The smallest absolute Gasteiger partial charge is 0.301 e. The summed E-state index contributed by atoms with van der Waals surface area (Å²) in [5, 5.41) is 11.8. The highest BCUT2D eigenvalue weighted by molar-refractivity contribution is 7.22. The summed E-state index contributed by atoms with van der Waals surface area (Å²) in [7, 11) is 0. The van der Waals surface area contributed by atoms with Crippen LogP contribution in [-0.2, 0) is 16.0 Å². The van der Waals surface area contributed by atoms with Gasteiger partial charge in [-0.25, -0.2) is 9.37 Å². The van der Waals surface area contributed by atoms with E-state index < -0.39 is 23.5 Å². The third-order valence-electron chi connectivity index (χ3n) is 7.10. The van der Waals surface area contributed by atoms with Crippen LogP contribution in [0.5, 0.6) is 17.2 Å². The average Bonchev–Trinajstić information content (AvgIpc) is 3.63. The number of aromatic nitrogens is 1. The Hall–Kier alpha value is -4.70. The van der Waals surface area contributed by atoms with E-state index in [2.05, 4.69) is 11.6 Å². The Balaban J connectivity index is 1.54. The largest absolute Gasteiger partial charge is 0.507 e. The summed E-state index contributed by atoms with van der Waals surface area (Å²) in [5.41, 5.74) is 2.16. The minimum Gasteiger partial charge on any atom is -0.507 e. The lowest BCUT2D eigenvalue weighted by atomic mass is 9.94. The summed E-state index contributed by atoms with van der Waals surface area (Å²) in [4.78, 5) is 33.1. The molecule has 1 N–H and O–H groups in total. The fourth-order valence-corrected chi connectivity index (χ4v) is 6.31. The van der Waals surface area contributed by atoms with Crippen molar-refractivity contribution in [2.24, 2.45) is 0 Å². The van der Waals surface area contributed by atoms with Gasteiger partial charge in [-0.15, -0.1) is 0 Å². The van der Waals surface area contributed by atoms with Crippen molar-refractivity contribution < 1.29 is 33.3 Å². The molecule has 10 heteroatoms. The number of halogens is 1. The molecule has 1 aromatic heterocycles. The van der Waals surface area contributed by atoms with Gasteiger partial charge >= 0.3 is 5.91 Å². The standard InChI is InChI=1S/C32H27FN2O6S/c1-4-12-40-24-11-6-18(15-25(24)39-5-2)28-27(29(36)19-7-10-23-20(14-19)13-17(3)41-23)30(37)31(38)35(28)32-34-22-9-8-21(33)16-26(22)42-32/h4,6-11,14-17,28,36H,1,5,12-13H2,2-3H3/b29-27-. The molecule has 0 saturated carbocycles. The van der Waals surface area contributed by atoms with Gasteiger partial charge in [0.15, 0.2) is 16.6 Å². The lowest BCUT2D eigenvalue weighted by Gasteiger charge is -2.24. The van der Waals surface area contributed by atoms with Crippen LogP contribution >= 0.6 is 11.3 Å². The van der Waals surface area contributed by atoms with Gasteiger partial charge < -0.3 is 19.3 Å². The number of ketones is 1. The second kappa shape index (κ2) is 10.9. The zero-order chi connectivity index (χ0) is 29.5. The second-order valence-electron chi connectivity index (χ2n) is 9.97. The van der Waals surface area contributed by atoms with Crippen molar-refractivity contribution >= 4 is 44.1 Å². The number of thiazole rings is 1. The van der Waals surface area contributed by atoms with Gasteiger partial charge in [-0.3, -0.25) is 14.5 Å². The first-order valence-corrected chi connectivity index (χ1v) is 14.3. The predicted octanol–water partition coefficient (Wildman–Crippen LogP) is 6.35. The van der Waals surface area contributed by atoms with Crippen LogP contribution in [0.15, 0.2) is 72.8 Å². The number of nitrogens with zero attached hydrogens (tertiary/aromatic N) is 2. The highest BCUT2D eigenvalue weighted by Crippen LogP contribution is 2.46. The highest BCUT2D eigenvalue weighted by atomic mass is 32.1. The van der Waals surface area contributed by atoms with Crippen LogP contribution in [0.25, 0.3) is 16.0 Å². The Morgan fingerprint density at radius 3 is 2.79 bits per heavy atom. The molecular formula is C32H27FN2O6S. The molecule has 1 saturated heterocycles. The van der Waals surface area contributed by atoms with E-state index in [1.807, 2.05) is 13.8 Å². The monoisotopic (exact) mass is 586 g/mol. The first kappa shape index (κ1) is 27.5. The van der Waals surface area contributed by atoms with E-state index in [1.165, 1.54) is 23.1 Å². The lowest BCUT2D eigenvalue weighted by molar-refractivity contribution is -0.132. The van der Waals surface area contributed by atoms with Gasteiger partial charge in [0.1, 0.15) is 30.0 Å². The number of hydrogen-bond acceptors (Lipinski definition) is 8. The van der Waals surface area contributed by atoms with E-state index in [0.29, 0.717) is 51.6 Å². The Bertz CT molecular complexity index is 1780. The highest BCUT2D eigenvalue weighted by Gasteiger charge is 2.48. The number of fused-ring (bicyclic) bond motifs is 2. The van der Waals surface area contributed by atoms with Gasteiger partial charge in [0, 0.05) is 12.0 Å². The van der Waals surface area contributed by atoms with Gasteiger partial charge in [-0.05, 0) is 73.5 Å². The maximum absolute atomic E-state index is 14.0. The van der Waals surface area contributed by atoms with Gasteiger partial charge in [0.2, 0.25) is 0 Å². The molecule has 2 aliphatic rings. The summed E-state index contributed by atoms with van der Waals surface area (Å²) < 4.78 is 31.9. The fraction of sp³-hybridized carbons (Fsp3) is 0.219. The first-order valence-electron chi connectivity index (χ1n) is 13.5. The molecule has 0 radical (unpaired) electrons. The van der Waals surface area contributed by atoms with Gasteiger partial charge in [0.05, 0.1) is 28.4 Å². The molecule has 2 unspecified atom stereocenters. The van der Waals surface area contributed by atoms with Crippen LogP contribution < -0.4 is 19.1 Å². The molecule has 4 aromatic rings. The summed E-state index contributed by atoms with van der Waals surface area (Å²) in [6, 6.07) is 13.3. The maximum atomic E-state index is 14.0. The van der Waals surface area contributed by atoms with Crippen LogP contribution in [0, 0.1) is 5.82 Å². The van der Waals surface area contributed by atoms with E-state index in [1.54, 1.807) is 42.5 Å². The first-order chi connectivity index (χ1) is 20.3. The molecule has 6 rings (SSSR count). The summed E-state index contributed by atoms with van der Waals surface area (Å²) in [6.45, 7) is 8.05. The summed E-state index contributed by atoms with van der Waals surface area (Å²) in [6.07, 6.45) is 2.25. The minimum absolute atomic E-state index is 0.00865. The van der Waals surface area contributed by atoms with Gasteiger partial charge in [-0.1, -0.05) is 30.1 Å². The van der Waals surface area contributed by atoms with E-state index >= 15 is 0 Å². The van der Waals surface area contributed by atoms with E-state index in [4.69, 9.17) is 14.2 Å². The maximum Gasteiger partial charge on any atom is 0.301 e. The van der Waals surface area contributed by atoms with Crippen molar-refractivity contribution in [1.82, 2.24) is 4.98 Å². The third-order valence-corrected chi connectivity index (χ3v) is 8.12. The number of anilines is 1. The second-order valence-corrected chi connectivity index (χ2v) is 11.0. The molecule has 42 heavy (non-hydrogen) atoms. The van der Waals surface area contributed by atoms with Crippen LogP contribution in [0.2, 0.25) is 0 Å². The molecule has 2 aliphatic heterocycles. The minimum atomic E-state index is -1.05. The molecule has 3 heterocycles. The number of hydrogen-bond donors (Lipinski definition) is 1. The number of carbonyl (C=O) groups excluding carboxylic acids is 2. The van der Waals surface area contributed by atoms with E-state index in [0.717, 1.165) is 16.9 Å². The molecule has 0 bridgehead atoms. The predicted molar refractivity (Wildman–Crippen MR) is 158 cm³/mol. The zero-order valence-corrected chi connectivity index (χ0v) is 23.7. The van der Waals surface area contributed by atoms with Crippen molar-refractivity contribution in [2.75, 3.05) is 18.1 Å². The third kappa shape index (κ3) is 4.77. The number of benzene rings is 3. The summed E-state index contributed by atoms with van der Waals surface area (Å²) >= 11 is 1.08. The zero-order valence-electron chi connectivity index (χ0n) is 22.9. The number of aliphatic hydroxyl groups is 1. The molecule has 1 amide bonds. The quantitative estimate of drug-likeness (QED) is 0.111. The lowest BCUT2D eigenvalue weighted by Crippen LogP contribution is -2.29. The Morgan fingerprint density at radius 2 is 2.00 bits per heavy atom. The van der Waals surface area contributed by atoms with E-state index in [9.17, 15) is 19.1 Å². The van der Waals surface area contributed by atoms with Crippen molar-refractivity contribution in [3.05, 3.63) is 95.3 Å².